The number of hydrogen-bond acceptors (Lipinski definition) is 3. The fourth-order valence-corrected chi connectivity index (χ4v) is 2.65. The molecule has 0 saturated heterocycles. The lowest BCUT2D eigenvalue weighted by Crippen LogP contribution is -2.31. The molecule has 1 amide bonds. The zero-order valence-electron chi connectivity index (χ0n) is 12.8. The van der Waals surface area contributed by atoms with Crippen LogP contribution in [-0.2, 0) is 4.79 Å². The monoisotopic (exact) mass is 284 g/mol. The van der Waals surface area contributed by atoms with Crippen LogP contribution in [0.3, 0.4) is 0 Å². The molecule has 0 spiro atoms. The quantitative estimate of drug-likeness (QED) is 0.616. The summed E-state index contributed by atoms with van der Waals surface area (Å²) in [5.74, 6) is -0.843. The van der Waals surface area contributed by atoms with Crippen molar-refractivity contribution in [3.8, 4) is 6.07 Å². The predicted octanol–water partition coefficient (Wildman–Crippen LogP) is 3.24. The Morgan fingerprint density at radius 2 is 1.95 bits per heavy atom. The SMILES string of the molecule is Cc1cccc2c1N(CCCCC(C)(C)C#N)C(=O)C2=O. The molecule has 0 aromatic heterocycles. The number of para-hydroxylation sites is 1. The lowest BCUT2D eigenvalue weighted by Gasteiger charge is -2.19. The summed E-state index contributed by atoms with van der Waals surface area (Å²) in [4.78, 5) is 25.6. The first-order valence-corrected chi connectivity index (χ1v) is 7.24. The van der Waals surface area contributed by atoms with E-state index in [-0.39, 0.29) is 5.41 Å². The minimum atomic E-state index is -0.432. The predicted molar refractivity (Wildman–Crippen MR) is 81.1 cm³/mol. The van der Waals surface area contributed by atoms with Gasteiger partial charge in [0.15, 0.2) is 0 Å². The van der Waals surface area contributed by atoms with E-state index < -0.39 is 11.7 Å². The van der Waals surface area contributed by atoms with Crippen molar-refractivity contribution >= 4 is 17.4 Å². The van der Waals surface area contributed by atoms with Crippen LogP contribution < -0.4 is 4.90 Å². The van der Waals surface area contributed by atoms with E-state index in [1.54, 1.807) is 17.0 Å². The number of nitrogens with zero attached hydrogens (tertiary/aromatic N) is 2. The molecule has 2 rings (SSSR count). The molecule has 0 aliphatic carbocycles. The van der Waals surface area contributed by atoms with Crippen LogP contribution in [0.1, 0.15) is 49.0 Å². The van der Waals surface area contributed by atoms with Crippen molar-refractivity contribution in [2.45, 2.75) is 40.0 Å². The number of amides is 1. The minimum absolute atomic E-state index is 0.335. The maximum absolute atomic E-state index is 12.1. The third-order valence-corrected chi connectivity index (χ3v) is 3.93. The van der Waals surface area contributed by atoms with Gasteiger partial charge in [-0.2, -0.15) is 5.26 Å². The standard InChI is InChI=1S/C17H20N2O2/c1-12-7-6-8-13-14(12)19(16(21)15(13)20)10-5-4-9-17(2,3)11-18/h6-8H,4-5,9-10H2,1-3H3. The molecule has 0 fully saturated rings. The Balaban J connectivity index is 2.04. The highest BCUT2D eigenvalue weighted by Gasteiger charge is 2.36. The summed E-state index contributed by atoms with van der Waals surface area (Å²) in [6.45, 7) is 6.27. The van der Waals surface area contributed by atoms with Gasteiger partial charge in [0.05, 0.1) is 22.7 Å². The first-order chi connectivity index (χ1) is 9.87. The van der Waals surface area contributed by atoms with Crippen LogP contribution in [0.5, 0.6) is 0 Å². The highest BCUT2D eigenvalue weighted by molar-refractivity contribution is 6.52. The van der Waals surface area contributed by atoms with Crippen LogP contribution in [0.15, 0.2) is 18.2 Å². The van der Waals surface area contributed by atoms with E-state index >= 15 is 0 Å². The second kappa shape index (κ2) is 5.69. The normalized spacial score (nSPS) is 14.3. The minimum Gasteiger partial charge on any atom is -0.304 e. The number of unbranched alkanes of at least 4 members (excludes halogenated alkanes) is 1. The molecule has 4 nitrogen and oxygen atoms in total. The fourth-order valence-electron chi connectivity index (χ4n) is 2.65. The summed E-state index contributed by atoms with van der Waals surface area (Å²) < 4.78 is 0. The second-order valence-electron chi connectivity index (χ2n) is 6.21. The van der Waals surface area contributed by atoms with E-state index in [4.69, 9.17) is 5.26 Å². The Bertz CT molecular complexity index is 626. The van der Waals surface area contributed by atoms with E-state index in [9.17, 15) is 9.59 Å². The van der Waals surface area contributed by atoms with Gasteiger partial charge in [-0.15, -0.1) is 0 Å². The number of rotatable bonds is 5. The van der Waals surface area contributed by atoms with Crippen molar-refractivity contribution in [3.63, 3.8) is 0 Å². The Morgan fingerprint density at radius 3 is 2.62 bits per heavy atom. The topological polar surface area (TPSA) is 61.2 Å². The molecule has 0 radical (unpaired) electrons. The Labute approximate surface area is 125 Å². The van der Waals surface area contributed by atoms with Gasteiger partial charge in [-0.05, 0) is 45.2 Å². The van der Waals surface area contributed by atoms with Gasteiger partial charge in [-0.1, -0.05) is 18.6 Å². The number of anilines is 1. The third kappa shape index (κ3) is 2.97. The highest BCUT2D eigenvalue weighted by Crippen LogP contribution is 2.32. The van der Waals surface area contributed by atoms with Crippen molar-refractivity contribution in [1.29, 1.82) is 5.26 Å². The number of benzene rings is 1. The molecule has 0 bridgehead atoms. The number of nitriles is 1. The van der Waals surface area contributed by atoms with Gasteiger partial charge in [0.1, 0.15) is 0 Å². The smallest absolute Gasteiger partial charge is 0.299 e. The van der Waals surface area contributed by atoms with E-state index in [1.165, 1.54) is 0 Å². The van der Waals surface area contributed by atoms with Gasteiger partial charge >= 0.3 is 0 Å². The summed E-state index contributed by atoms with van der Waals surface area (Å²) in [5, 5.41) is 8.99. The first-order valence-electron chi connectivity index (χ1n) is 7.24. The van der Waals surface area contributed by atoms with E-state index in [2.05, 4.69) is 6.07 Å². The number of aryl methyl sites for hydroxylation is 1. The summed E-state index contributed by atoms with van der Waals surface area (Å²) >= 11 is 0. The summed E-state index contributed by atoms with van der Waals surface area (Å²) in [6, 6.07) is 7.70. The Kier molecular flexibility index (Phi) is 4.13. The second-order valence-corrected chi connectivity index (χ2v) is 6.21. The molecular formula is C17H20N2O2. The Morgan fingerprint density at radius 1 is 1.24 bits per heavy atom. The van der Waals surface area contributed by atoms with Crippen molar-refractivity contribution in [2.24, 2.45) is 5.41 Å². The third-order valence-electron chi connectivity index (χ3n) is 3.93. The Hall–Kier alpha value is -2.15. The van der Waals surface area contributed by atoms with Crippen LogP contribution >= 0.6 is 0 Å². The average Bonchev–Trinajstić information content (AvgIpc) is 2.70. The van der Waals surface area contributed by atoms with Crippen molar-refractivity contribution in [1.82, 2.24) is 0 Å². The zero-order chi connectivity index (χ0) is 15.6. The molecule has 110 valence electrons. The molecule has 4 heteroatoms. The van der Waals surface area contributed by atoms with Crippen molar-refractivity contribution in [3.05, 3.63) is 29.3 Å². The van der Waals surface area contributed by atoms with E-state index in [0.717, 1.165) is 30.5 Å². The van der Waals surface area contributed by atoms with Gasteiger partial charge in [-0.25, -0.2) is 0 Å². The molecule has 1 aliphatic rings. The maximum atomic E-state index is 12.1. The lowest BCUT2D eigenvalue weighted by molar-refractivity contribution is -0.114. The molecule has 21 heavy (non-hydrogen) atoms. The molecule has 0 atom stereocenters. The molecule has 1 heterocycles. The highest BCUT2D eigenvalue weighted by atomic mass is 16.2. The van der Waals surface area contributed by atoms with Crippen molar-refractivity contribution in [2.75, 3.05) is 11.4 Å². The number of carbonyl (C=O) groups is 2. The van der Waals surface area contributed by atoms with E-state index in [0.29, 0.717) is 12.1 Å². The molecule has 0 unspecified atom stereocenters. The van der Waals surface area contributed by atoms with Crippen LogP contribution in [0, 0.1) is 23.7 Å². The average molecular weight is 284 g/mol. The van der Waals surface area contributed by atoms with Gasteiger partial charge in [0.25, 0.3) is 11.7 Å². The maximum Gasteiger partial charge on any atom is 0.299 e. The van der Waals surface area contributed by atoms with Crippen molar-refractivity contribution < 1.29 is 9.59 Å². The summed E-state index contributed by atoms with van der Waals surface area (Å²) in [7, 11) is 0. The van der Waals surface area contributed by atoms with Gasteiger partial charge in [0, 0.05) is 6.54 Å². The zero-order valence-corrected chi connectivity index (χ0v) is 12.8. The van der Waals surface area contributed by atoms with Gasteiger partial charge in [0.2, 0.25) is 0 Å². The number of hydrogen-bond donors (Lipinski definition) is 0. The van der Waals surface area contributed by atoms with Gasteiger partial charge in [-0.3, -0.25) is 9.59 Å². The number of fused-ring (bicyclic) bond motifs is 1. The first kappa shape index (κ1) is 15.2. The molecule has 0 N–H and O–H groups in total. The summed E-state index contributed by atoms with van der Waals surface area (Å²) in [5.41, 5.74) is 1.88. The molecule has 1 aromatic rings. The van der Waals surface area contributed by atoms with Crippen LogP contribution in [0.25, 0.3) is 0 Å². The molecular weight excluding hydrogens is 264 g/mol. The van der Waals surface area contributed by atoms with Crippen LogP contribution in [-0.4, -0.2) is 18.2 Å². The summed E-state index contributed by atoms with van der Waals surface area (Å²) in [6.07, 6.45) is 2.44. The molecule has 1 aromatic carbocycles. The molecule has 1 aliphatic heterocycles. The number of Topliss-reactive ketones (excluding diaryl/α,β-unsaturated/α-hetero) is 1. The molecule has 0 saturated carbocycles. The largest absolute Gasteiger partial charge is 0.304 e. The number of ketones is 1. The van der Waals surface area contributed by atoms with Gasteiger partial charge < -0.3 is 4.90 Å². The lowest BCUT2D eigenvalue weighted by atomic mass is 9.89. The van der Waals surface area contributed by atoms with Crippen LogP contribution in [0.2, 0.25) is 0 Å². The fraction of sp³-hybridized carbons (Fsp3) is 0.471. The van der Waals surface area contributed by atoms with Crippen LogP contribution in [0.4, 0.5) is 5.69 Å². The number of carbonyl (C=O) groups excluding carboxylic acids is 2. The van der Waals surface area contributed by atoms with E-state index in [1.807, 2.05) is 26.8 Å².